The zero-order valence-electron chi connectivity index (χ0n) is 25.8. The van der Waals surface area contributed by atoms with Crippen LogP contribution in [0.25, 0.3) is 21.8 Å². The highest BCUT2D eigenvalue weighted by Gasteiger charge is 2.30. The number of alkyl carbamates (subject to hydrolysis) is 1. The van der Waals surface area contributed by atoms with Crippen molar-refractivity contribution in [3.8, 4) is 0 Å². The summed E-state index contributed by atoms with van der Waals surface area (Å²) in [6, 6.07) is 22.3. The van der Waals surface area contributed by atoms with Crippen molar-refractivity contribution in [2.45, 2.75) is 77.0 Å². The minimum atomic E-state index is -0.629. The van der Waals surface area contributed by atoms with Crippen LogP contribution < -0.4 is 5.32 Å². The molecule has 228 valence electrons. The molecule has 5 rings (SSSR count). The Hall–Kier alpha value is -3.91. The number of nitrogens with one attached hydrogen (secondary N) is 1. The number of methoxy groups -OCH3 is 1. The van der Waals surface area contributed by atoms with Gasteiger partial charge in [-0.2, -0.15) is 0 Å². The Morgan fingerprint density at radius 1 is 1.05 bits per heavy atom. The lowest BCUT2D eigenvalue weighted by atomic mass is 9.95. The molecule has 2 heterocycles. The third kappa shape index (κ3) is 7.93. The number of fused-ring (bicyclic) bond motifs is 2. The predicted octanol–water partition coefficient (Wildman–Crippen LogP) is 6.46. The summed E-state index contributed by atoms with van der Waals surface area (Å²) < 4.78 is 13.2. The van der Waals surface area contributed by atoms with Crippen LogP contribution in [0.4, 0.5) is 4.79 Å². The molecule has 8 nitrogen and oxygen atoms in total. The lowest BCUT2D eigenvalue weighted by molar-refractivity contribution is -0.132. The van der Waals surface area contributed by atoms with E-state index in [9.17, 15) is 9.59 Å². The van der Waals surface area contributed by atoms with E-state index in [-0.39, 0.29) is 18.2 Å². The molecule has 0 radical (unpaired) electrons. The van der Waals surface area contributed by atoms with Gasteiger partial charge in [0.25, 0.3) is 0 Å². The van der Waals surface area contributed by atoms with Crippen LogP contribution in [0.2, 0.25) is 0 Å². The van der Waals surface area contributed by atoms with E-state index in [1.54, 1.807) is 7.11 Å². The normalized spacial score (nSPS) is 16.4. The molecule has 2 amide bonds. The van der Waals surface area contributed by atoms with Gasteiger partial charge in [-0.05, 0) is 74.9 Å². The van der Waals surface area contributed by atoms with E-state index in [1.807, 2.05) is 49.9 Å². The summed E-state index contributed by atoms with van der Waals surface area (Å²) in [7, 11) is 1.72. The van der Waals surface area contributed by atoms with Crippen LogP contribution in [-0.4, -0.2) is 64.9 Å². The average Bonchev–Trinajstić information content (AvgIpc) is 3.35. The highest BCUT2D eigenvalue weighted by molar-refractivity contribution is 5.83. The molecule has 1 N–H and O–H groups in total. The van der Waals surface area contributed by atoms with Gasteiger partial charge in [-0.25, -0.2) is 9.78 Å². The van der Waals surface area contributed by atoms with E-state index in [0.29, 0.717) is 26.1 Å². The van der Waals surface area contributed by atoms with E-state index >= 15 is 0 Å². The Morgan fingerprint density at radius 3 is 2.60 bits per heavy atom. The Morgan fingerprint density at radius 2 is 1.81 bits per heavy atom. The van der Waals surface area contributed by atoms with Crippen molar-refractivity contribution in [3.05, 3.63) is 78.1 Å². The van der Waals surface area contributed by atoms with Crippen molar-refractivity contribution >= 4 is 33.8 Å². The van der Waals surface area contributed by atoms with Crippen LogP contribution in [0.15, 0.2) is 66.7 Å². The number of aromatic nitrogens is 2. The summed E-state index contributed by atoms with van der Waals surface area (Å²) in [6.07, 6.45) is 3.00. The first-order valence-electron chi connectivity index (χ1n) is 15.4. The molecule has 8 heteroatoms. The maximum absolute atomic E-state index is 13.8. The van der Waals surface area contributed by atoms with Gasteiger partial charge in [-0.3, -0.25) is 4.79 Å². The van der Waals surface area contributed by atoms with Gasteiger partial charge < -0.3 is 24.3 Å². The fourth-order valence-electron chi connectivity index (χ4n) is 6.06. The second kappa shape index (κ2) is 13.6. The first kappa shape index (κ1) is 30.5. The number of piperidine rings is 1. The number of imidazole rings is 1. The van der Waals surface area contributed by atoms with Gasteiger partial charge in [-0.15, -0.1) is 0 Å². The number of ether oxygens (including phenoxy) is 2. The number of hydrogen-bond acceptors (Lipinski definition) is 5. The molecule has 1 fully saturated rings. The Labute approximate surface area is 254 Å². The first-order chi connectivity index (χ1) is 20.7. The zero-order valence-corrected chi connectivity index (χ0v) is 25.8. The van der Waals surface area contributed by atoms with E-state index in [4.69, 9.17) is 14.5 Å². The number of likely N-dealkylation sites (tertiary alicyclic amines) is 1. The van der Waals surface area contributed by atoms with Crippen molar-refractivity contribution < 1.29 is 19.1 Å². The number of rotatable bonds is 10. The number of nitrogens with zero attached hydrogens (tertiary/aromatic N) is 3. The number of carbonyl (C=O) groups is 2. The monoisotopic (exact) mass is 584 g/mol. The molecular weight excluding hydrogens is 540 g/mol. The topological polar surface area (TPSA) is 85.7 Å². The van der Waals surface area contributed by atoms with Gasteiger partial charge in [0, 0.05) is 51.7 Å². The molecule has 0 bridgehead atoms. The quantitative estimate of drug-likeness (QED) is 0.216. The SMILES string of the molecule is COCCCn1c(C2CCCN(C(=O)CC(Cc3ccc4ccccc4c3)NC(=O)OC(C)(C)C)C2)nc2ccccc21. The maximum Gasteiger partial charge on any atom is 0.407 e. The van der Waals surface area contributed by atoms with Gasteiger partial charge in [0.15, 0.2) is 0 Å². The van der Waals surface area contributed by atoms with Crippen LogP contribution in [0, 0.1) is 0 Å². The highest BCUT2D eigenvalue weighted by Crippen LogP contribution is 2.30. The number of hydrogen-bond donors (Lipinski definition) is 1. The number of benzene rings is 3. The molecule has 0 saturated carbocycles. The molecular formula is C35H44N4O4. The molecule has 1 saturated heterocycles. The van der Waals surface area contributed by atoms with Gasteiger partial charge in [0.2, 0.25) is 5.91 Å². The second-order valence-corrected chi connectivity index (χ2v) is 12.6. The maximum atomic E-state index is 13.8. The standard InChI is InChI=1S/C35H44N4O4/c1-35(2,3)43-34(41)36-29(22-25-16-17-26-11-5-6-12-27(26)21-25)23-32(40)38-18-9-13-28(24-38)33-37-30-14-7-8-15-31(30)39(33)19-10-20-42-4/h5-8,11-12,14-17,21,28-29H,9-10,13,18-20,22-24H2,1-4H3,(H,36,41). The van der Waals surface area contributed by atoms with E-state index in [1.165, 1.54) is 0 Å². The molecule has 43 heavy (non-hydrogen) atoms. The van der Waals surface area contributed by atoms with Crippen LogP contribution in [0.3, 0.4) is 0 Å². The molecule has 0 aliphatic carbocycles. The smallest absolute Gasteiger partial charge is 0.407 e. The van der Waals surface area contributed by atoms with Crippen LogP contribution in [-0.2, 0) is 27.2 Å². The predicted molar refractivity (Wildman–Crippen MR) is 170 cm³/mol. The molecule has 1 aliphatic heterocycles. The molecule has 1 aliphatic rings. The number of aryl methyl sites for hydroxylation is 1. The molecule has 1 aromatic heterocycles. The van der Waals surface area contributed by atoms with Gasteiger partial charge in [0.05, 0.1) is 11.0 Å². The third-order valence-electron chi connectivity index (χ3n) is 7.99. The first-order valence-corrected chi connectivity index (χ1v) is 15.4. The number of para-hydroxylation sites is 2. The molecule has 4 aromatic rings. The lowest BCUT2D eigenvalue weighted by Crippen LogP contribution is -2.46. The van der Waals surface area contributed by atoms with Crippen LogP contribution >= 0.6 is 0 Å². The highest BCUT2D eigenvalue weighted by atomic mass is 16.6. The summed E-state index contributed by atoms with van der Waals surface area (Å²) in [5.74, 6) is 1.22. The summed E-state index contributed by atoms with van der Waals surface area (Å²) >= 11 is 0. The Kier molecular flexibility index (Phi) is 9.65. The van der Waals surface area contributed by atoms with E-state index in [0.717, 1.165) is 59.0 Å². The molecule has 3 aromatic carbocycles. The molecule has 2 unspecified atom stereocenters. The Bertz CT molecular complexity index is 1560. The zero-order chi connectivity index (χ0) is 30.4. The number of carbonyl (C=O) groups excluding carboxylic acids is 2. The van der Waals surface area contributed by atoms with Crippen molar-refractivity contribution in [2.24, 2.45) is 0 Å². The third-order valence-corrected chi connectivity index (χ3v) is 7.99. The fourth-order valence-corrected chi connectivity index (χ4v) is 6.06. The van der Waals surface area contributed by atoms with Gasteiger partial charge in [-0.1, -0.05) is 54.6 Å². The van der Waals surface area contributed by atoms with Crippen molar-refractivity contribution in [3.63, 3.8) is 0 Å². The second-order valence-electron chi connectivity index (χ2n) is 12.6. The van der Waals surface area contributed by atoms with Crippen molar-refractivity contribution in [1.29, 1.82) is 0 Å². The van der Waals surface area contributed by atoms with E-state index in [2.05, 4.69) is 52.3 Å². The largest absolute Gasteiger partial charge is 0.444 e. The molecule has 0 spiro atoms. The fraction of sp³-hybridized carbons (Fsp3) is 0.457. The summed E-state index contributed by atoms with van der Waals surface area (Å²) in [5, 5.41) is 5.29. The van der Waals surface area contributed by atoms with Crippen LogP contribution in [0.1, 0.15) is 63.8 Å². The number of amides is 2. The van der Waals surface area contributed by atoms with Crippen LogP contribution in [0.5, 0.6) is 0 Å². The minimum Gasteiger partial charge on any atom is -0.444 e. The minimum absolute atomic E-state index is 0.0357. The summed E-state index contributed by atoms with van der Waals surface area (Å²) in [4.78, 5) is 33.6. The van der Waals surface area contributed by atoms with Gasteiger partial charge >= 0.3 is 6.09 Å². The lowest BCUT2D eigenvalue weighted by Gasteiger charge is -2.34. The summed E-state index contributed by atoms with van der Waals surface area (Å²) in [6.45, 7) is 8.34. The average molecular weight is 585 g/mol. The van der Waals surface area contributed by atoms with Crippen molar-refractivity contribution in [1.82, 2.24) is 19.8 Å². The Balaban J connectivity index is 1.32. The van der Waals surface area contributed by atoms with E-state index < -0.39 is 17.7 Å². The summed E-state index contributed by atoms with van der Waals surface area (Å²) in [5.41, 5.74) is 2.54. The van der Waals surface area contributed by atoms with Crippen molar-refractivity contribution in [2.75, 3.05) is 26.8 Å². The van der Waals surface area contributed by atoms with Gasteiger partial charge in [0.1, 0.15) is 11.4 Å². The molecule has 2 atom stereocenters.